The van der Waals surface area contributed by atoms with Crippen molar-refractivity contribution in [3.63, 3.8) is 0 Å². The number of ether oxygens (including phenoxy) is 2. The molecular weight excluding hydrogens is 486 g/mol. The van der Waals surface area contributed by atoms with Crippen molar-refractivity contribution in [2.45, 2.75) is 105 Å². The van der Waals surface area contributed by atoms with Crippen LogP contribution in [0, 0.1) is 19.8 Å². The molecule has 0 bridgehead atoms. The van der Waals surface area contributed by atoms with Gasteiger partial charge in [-0.05, 0) is 83.4 Å². The number of nitrogens with one attached hydrogen (secondary N) is 2. The number of carbonyl (C=O) groups is 4. The second kappa shape index (κ2) is 13.6. The summed E-state index contributed by atoms with van der Waals surface area (Å²) in [7, 11) is 0. The zero-order chi connectivity index (χ0) is 28.6. The predicted octanol–water partition coefficient (Wildman–Crippen LogP) is 4.34. The van der Waals surface area contributed by atoms with Crippen LogP contribution in [-0.2, 0) is 23.9 Å². The lowest BCUT2D eigenvalue weighted by Gasteiger charge is -2.44. The highest BCUT2D eigenvalue weighted by Gasteiger charge is 2.43. The molecule has 2 rings (SSSR count). The Kier molecular flexibility index (Phi) is 11.2. The third-order valence-corrected chi connectivity index (χ3v) is 6.60. The van der Waals surface area contributed by atoms with Crippen LogP contribution in [-0.4, -0.2) is 59.6 Å². The zero-order valence-electron chi connectivity index (χ0n) is 24.2. The van der Waals surface area contributed by atoms with Gasteiger partial charge in [-0.2, -0.15) is 0 Å². The van der Waals surface area contributed by atoms with E-state index in [1.807, 2.05) is 45.9 Å². The first-order valence-electron chi connectivity index (χ1n) is 13.6. The molecule has 0 radical (unpaired) electrons. The highest BCUT2D eigenvalue weighted by atomic mass is 16.6. The molecule has 1 aromatic carbocycles. The number of nitrogens with zero attached hydrogens (tertiary/aromatic N) is 1. The molecule has 0 heterocycles. The van der Waals surface area contributed by atoms with E-state index in [1.165, 1.54) is 0 Å². The molecule has 0 aromatic heterocycles. The Labute approximate surface area is 227 Å². The second-order valence-corrected chi connectivity index (χ2v) is 11.3. The monoisotopic (exact) mass is 531 g/mol. The summed E-state index contributed by atoms with van der Waals surface area (Å²) >= 11 is 0. The molecule has 0 aliphatic heterocycles. The maximum Gasteiger partial charge on any atom is 0.408 e. The lowest BCUT2D eigenvalue weighted by molar-refractivity contribution is -0.148. The van der Waals surface area contributed by atoms with Crippen LogP contribution in [0.3, 0.4) is 0 Å². The third-order valence-electron chi connectivity index (χ3n) is 6.60. The van der Waals surface area contributed by atoms with Crippen LogP contribution in [0.1, 0.15) is 90.0 Å². The minimum Gasteiger partial charge on any atom is -0.466 e. The first kappa shape index (κ1) is 31.1. The SMILES string of the molecule is CCOC(=O)CCNC(=O)C(c1c(C)cccc1C)N(C(=O)C(NC(=O)OC(C)(C)C)C(C)C)C1CCC1. The first-order valence-corrected chi connectivity index (χ1v) is 13.6. The largest absolute Gasteiger partial charge is 0.466 e. The lowest BCUT2D eigenvalue weighted by Crippen LogP contribution is -2.59. The topological polar surface area (TPSA) is 114 Å². The fraction of sp³-hybridized carbons (Fsp3) is 0.655. The molecule has 0 spiro atoms. The molecule has 1 aliphatic carbocycles. The Morgan fingerprint density at radius 1 is 1.08 bits per heavy atom. The van der Waals surface area contributed by atoms with Gasteiger partial charge in [0.1, 0.15) is 17.7 Å². The van der Waals surface area contributed by atoms with Crippen LogP contribution in [0.2, 0.25) is 0 Å². The maximum atomic E-state index is 14.2. The fourth-order valence-electron chi connectivity index (χ4n) is 4.56. The van der Waals surface area contributed by atoms with Gasteiger partial charge in [0.25, 0.3) is 0 Å². The van der Waals surface area contributed by atoms with E-state index >= 15 is 0 Å². The van der Waals surface area contributed by atoms with Gasteiger partial charge < -0.3 is 25.0 Å². The number of esters is 1. The van der Waals surface area contributed by atoms with Crippen LogP contribution < -0.4 is 10.6 Å². The first-order chi connectivity index (χ1) is 17.8. The minimum absolute atomic E-state index is 0.0330. The van der Waals surface area contributed by atoms with Crippen molar-refractivity contribution in [3.05, 3.63) is 34.9 Å². The number of carbonyl (C=O) groups excluding carboxylic acids is 4. The standard InChI is InChI=1S/C29H45N3O6/c1-9-37-22(33)16-17-30-26(34)25(23-19(4)12-10-13-20(23)5)32(21-14-11-15-21)27(35)24(18(2)3)31-28(36)38-29(6,7)8/h10,12-13,18,21,24-25H,9,11,14-17H2,1-8H3,(H,30,34)(H,31,36). The van der Waals surface area contributed by atoms with Gasteiger partial charge in [-0.25, -0.2) is 4.79 Å². The number of hydrogen-bond donors (Lipinski definition) is 2. The number of benzene rings is 1. The summed E-state index contributed by atoms with van der Waals surface area (Å²) in [6, 6.07) is 3.81. The summed E-state index contributed by atoms with van der Waals surface area (Å²) in [5.74, 6) is -1.34. The number of alkyl carbamates (subject to hydrolysis) is 1. The average Bonchev–Trinajstić information content (AvgIpc) is 2.76. The van der Waals surface area contributed by atoms with E-state index < -0.39 is 29.7 Å². The highest BCUT2D eigenvalue weighted by Crippen LogP contribution is 2.36. The van der Waals surface area contributed by atoms with Crippen molar-refractivity contribution in [1.82, 2.24) is 15.5 Å². The van der Waals surface area contributed by atoms with Gasteiger partial charge in [-0.15, -0.1) is 0 Å². The second-order valence-electron chi connectivity index (χ2n) is 11.3. The van der Waals surface area contributed by atoms with E-state index in [4.69, 9.17) is 9.47 Å². The maximum absolute atomic E-state index is 14.2. The van der Waals surface area contributed by atoms with Crippen molar-refractivity contribution in [3.8, 4) is 0 Å². The van der Waals surface area contributed by atoms with Gasteiger partial charge in [-0.3, -0.25) is 14.4 Å². The molecule has 3 amide bonds. The van der Waals surface area contributed by atoms with E-state index in [9.17, 15) is 19.2 Å². The van der Waals surface area contributed by atoms with E-state index in [2.05, 4.69) is 10.6 Å². The predicted molar refractivity (Wildman–Crippen MR) is 145 cm³/mol. The summed E-state index contributed by atoms with van der Waals surface area (Å²) in [6.45, 7) is 14.9. The molecule has 2 unspecified atom stereocenters. The zero-order valence-corrected chi connectivity index (χ0v) is 24.2. The van der Waals surface area contributed by atoms with Gasteiger partial charge >= 0.3 is 12.1 Å². The van der Waals surface area contributed by atoms with Crippen LogP contribution >= 0.6 is 0 Å². The summed E-state index contributed by atoms with van der Waals surface area (Å²) in [5.41, 5.74) is 1.80. The molecule has 2 N–H and O–H groups in total. The number of aryl methyl sites for hydroxylation is 2. The van der Waals surface area contributed by atoms with Crippen molar-refractivity contribution in [2.75, 3.05) is 13.2 Å². The molecule has 1 aliphatic rings. The molecule has 0 saturated heterocycles. The van der Waals surface area contributed by atoms with Crippen molar-refractivity contribution in [1.29, 1.82) is 0 Å². The summed E-state index contributed by atoms with van der Waals surface area (Å²) < 4.78 is 10.4. The number of amides is 3. The Morgan fingerprint density at radius 2 is 1.68 bits per heavy atom. The number of hydrogen-bond acceptors (Lipinski definition) is 6. The van der Waals surface area contributed by atoms with E-state index in [0.29, 0.717) is 0 Å². The molecule has 1 fully saturated rings. The van der Waals surface area contributed by atoms with Gasteiger partial charge in [0.15, 0.2) is 0 Å². The molecule has 212 valence electrons. The van der Waals surface area contributed by atoms with Crippen molar-refractivity contribution in [2.24, 2.45) is 5.92 Å². The molecular formula is C29H45N3O6. The van der Waals surface area contributed by atoms with Crippen LogP contribution in [0.4, 0.5) is 4.79 Å². The van der Waals surface area contributed by atoms with E-state index in [0.717, 1.165) is 36.0 Å². The van der Waals surface area contributed by atoms with Crippen LogP contribution in [0.5, 0.6) is 0 Å². The molecule has 2 atom stereocenters. The fourth-order valence-corrected chi connectivity index (χ4v) is 4.56. The highest BCUT2D eigenvalue weighted by molar-refractivity contribution is 5.93. The molecule has 9 heteroatoms. The molecule has 9 nitrogen and oxygen atoms in total. The van der Waals surface area contributed by atoms with E-state index in [-0.39, 0.29) is 43.3 Å². The Balaban J connectivity index is 2.47. The Morgan fingerprint density at radius 3 is 2.16 bits per heavy atom. The molecule has 1 aromatic rings. The normalized spacial score (nSPS) is 15.2. The minimum atomic E-state index is -0.919. The number of rotatable bonds is 11. The smallest absolute Gasteiger partial charge is 0.408 e. The van der Waals surface area contributed by atoms with Gasteiger partial charge in [0, 0.05) is 12.6 Å². The molecule has 1 saturated carbocycles. The van der Waals surface area contributed by atoms with Gasteiger partial charge in [-0.1, -0.05) is 32.0 Å². The average molecular weight is 532 g/mol. The van der Waals surface area contributed by atoms with Gasteiger partial charge in [0.05, 0.1) is 13.0 Å². The summed E-state index contributed by atoms with van der Waals surface area (Å²) in [6.07, 6.45) is 1.83. The van der Waals surface area contributed by atoms with Crippen molar-refractivity contribution >= 4 is 23.9 Å². The molecule has 38 heavy (non-hydrogen) atoms. The quantitative estimate of drug-likeness (QED) is 0.411. The summed E-state index contributed by atoms with van der Waals surface area (Å²) in [5, 5.41) is 5.62. The van der Waals surface area contributed by atoms with Crippen LogP contribution in [0.15, 0.2) is 18.2 Å². The lowest BCUT2D eigenvalue weighted by atomic mass is 9.85. The Hall–Kier alpha value is -3.10. The third kappa shape index (κ3) is 8.46. The summed E-state index contributed by atoms with van der Waals surface area (Å²) in [4.78, 5) is 54.2. The van der Waals surface area contributed by atoms with Gasteiger partial charge in [0.2, 0.25) is 11.8 Å². The van der Waals surface area contributed by atoms with E-state index in [1.54, 1.807) is 32.6 Å². The van der Waals surface area contributed by atoms with Crippen molar-refractivity contribution < 1.29 is 28.7 Å². The van der Waals surface area contributed by atoms with Crippen LogP contribution in [0.25, 0.3) is 0 Å². The Bertz CT molecular complexity index is 976.